The lowest BCUT2D eigenvalue weighted by Crippen LogP contribution is -2.08. The van der Waals surface area contributed by atoms with Gasteiger partial charge in [-0.25, -0.2) is 4.98 Å². The van der Waals surface area contributed by atoms with Gasteiger partial charge < -0.3 is 5.32 Å². The Morgan fingerprint density at radius 3 is 2.17 bits per heavy atom. The highest BCUT2D eigenvalue weighted by atomic mass is 15.0. The van der Waals surface area contributed by atoms with Gasteiger partial charge in [0.05, 0.1) is 18.1 Å². The van der Waals surface area contributed by atoms with Crippen molar-refractivity contribution in [2.24, 2.45) is 0 Å². The molecule has 3 heteroatoms. The van der Waals surface area contributed by atoms with Crippen LogP contribution in [0, 0.1) is 0 Å². The van der Waals surface area contributed by atoms with Crippen molar-refractivity contribution in [2.45, 2.75) is 32.7 Å². The molecule has 0 amide bonds. The molecule has 1 heterocycles. The van der Waals surface area contributed by atoms with Gasteiger partial charge in [0.1, 0.15) is 5.82 Å². The molecular formula is C21H23N3. The first-order valence-electron chi connectivity index (χ1n) is 8.37. The number of hydrogen-bond donors (Lipinski definition) is 1. The van der Waals surface area contributed by atoms with Gasteiger partial charge in [-0.05, 0) is 24.0 Å². The summed E-state index contributed by atoms with van der Waals surface area (Å²) in [5.41, 5.74) is 4.53. The average molecular weight is 317 g/mol. The summed E-state index contributed by atoms with van der Waals surface area (Å²) < 4.78 is 0. The van der Waals surface area contributed by atoms with Gasteiger partial charge in [-0.1, -0.05) is 68.4 Å². The zero-order chi connectivity index (χ0) is 16.9. The Morgan fingerprint density at radius 1 is 0.792 bits per heavy atom. The topological polar surface area (TPSA) is 37.8 Å². The molecule has 0 aliphatic carbocycles. The zero-order valence-electron chi connectivity index (χ0n) is 14.4. The summed E-state index contributed by atoms with van der Waals surface area (Å²) in [6.07, 6.45) is 3.58. The minimum Gasteiger partial charge on any atom is -0.362 e. The third-order valence-electron chi connectivity index (χ3n) is 4.17. The van der Waals surface area contributed by atoms with Crippen LogP contribution >= 0.6 is 0 Å². The quantitative estimate of drug-likeness (QED) is 0.681. The first-order chi connectivity index (χ1) is 11.6. The van der Waals surface area contributed by atoms with Gasteiger partial charge in [-0.2, -0.15) is 0 Å². The third-order valence-corrected chi connectivity index (χ3v) is 4.17. The molecule has 0 spiro atoms. The normalized spacial score (nSPS) is 12.2. The number of aromatic nitrogens is 2. The molecule has 0 saturated carbocycles. The number of nitrogens with zero attached hydrogens (tertiary/aromatic N) is 2. The summed E-state index contributed by atoms with van der Waals surface area (Å²) in [6.45, 7) is 6.52. The van der Waals surface area contributed by atoms with Gasteiger partial charge in [0, 0.05) is 11.6 Å². The minimum absolute atomic E-state index is 0.180. The van der Waals surface area contributed by atoms with Crippen molar-refractivity contribution in [1.82, 2.24) is 9.97 Å². The predicted molar refractivity (Wildman–Crippen MR) is 100 cm³/mol. The molecule has 1 aromatic heterocycles. The van der Waals surface area contributed by atoms with Crippen LogP contribution < -0.4 is 5.32 Å². The van der Waals surface area contributed by atoms with Crippen LogP contribution in [0.15, 0.2) is 67.0 Å². The van der Waals surface area contributed by atoms with Crippen LogP contribution in [0.3, 0.4) is 0 Å². The summed E-state index contributed by atoms with van der Waals surface area (Å²) in [7, 11) is 0. The molecule has 0 fully saturated rings. The predicted octanol–water partition coefficient (Wildman–Crippen LogP) is 5.44. The van der Waals surface area contributed by atoms with Crippen LogP contribution in [0.1, 0.15) is 43.9 Å². The van der Waals surface area contributed by atoms with Crippen LogP contribution in [0.2, 0.25) is 0 Å². The fourth-order valence-corrected chi connectivity index (χ4v) is 2.66. The van der Waals surface area contributed by atoms with Crippen LogP contribution in [0.5, 0.6) is 0 Å². The smallest absolute Gasteiger partial charge is 0.145 e. The first-order valence-corrected chi connectivity index (χ1v) is 8.37. The molecule has 0 radical (unpaired) electrons. The number of benzene rings is 2. The van der Waals surface area contributed by atoms with Gasteiger partial charge in [-0.15, -0.1) is 0 Å². The van der Waals surface area contributed by atoms with Gasteiger partial charge in [0.15, 0.2) is 0 Å². The van der Waals surface area contributed by atoms with Crippen molar-refractivity contribution in [3.05, 3.63) is 78.1 Å². The molecule has 0 bridgehead atoms. The lowest BCUT2D eigenvalue weighted by atomic mass is 10.0. The second-order valence-electron chi connectivity index (χ2n) is 6.34. The molecule has 2 aromatic carbocycles. The van der Waals surface area contributed by atoms with Crippen molar-refractivity contribution >= 4 is 5.82 Å². The molecule has 122 valence electrons. The van der Waals surface area contributed by atoms with E-state index in [2.05, 4.69) is 67.5 Å². The molecule has 0 unspecified atom stereocenters. The molecule has 0 aliphatic heterocycles. The lowest BCUT2D eigenvalue weighted by Gasteiger charge is -2.15. The van der Waals surface area contributed by atoms with E-state index in [0.29, 0.717) is 5.92 Å². The molecule has 0 aliphatic rings. The molecule has 1 atom stereocenters. The number of nitrogens with one attached hydrogen (secondary N) is 1. The van der Waals surface area contributed by atoms with Crippen LogP contribution in [-0.4, -0.2) is 9.97 Å². The summed E-state index contributed by atoms with van der Waals surface area (Å²) in [5.74, 6) is 1.32. The third kappa shape index (κ3) is 3.80. The SMILES string of the molecule is CC(C)c1ccc(-c2cncc(N[C@@H](C)c3ccccc3)n2)cc1. The van der Waals surface area contributed by atoms with Crippen LogP contribution in [0.25, 0.3) is 11.3 Å². The van der Waals surface area contributed by atoms with Gasteiger partial charge >= 0.3 is 0 Å². The van der Waals surface area contributed by atoms with E-state index in [4.69, 9.17) is 4.98 Å². The molecule has 24 heavy (non-hydrogen) atoms. The van der Waals surface area contributed by atoms with E-state index in [9.17, 15) is 0 Å². The monoisotopic (exact) mass is 317 g/mol. The second kappa shape index (κ2) is 7.26. The highest BCUT2D eigenvalue weighted by molar-refractivity contribution is 5.60. The zero-order valence-corrected chi connectivity index (χ0v) is 14.4. The fraction of sp³-hybridized carbons (Fsp3) is 0.238. The number of anilines is 1. The van der Waals surface area contributed by atoms with Crippen molar-refractivity contribution in [3.8, 4) is 11.3 Å². The molecule has 0 saturated heterocycles. The highest BCUT2D eigenvalue weighted by Gasteiger charge is 2.08. The summed E-state index contributed by atoms with van der Waals surface area (Å²) in [6, 6.07) is 19.1. The van der Waals surface area contributed by atoms with Crippen molar-refractivity contribution in [3.63, 3.8) is 0 Å². The van der Waals surface area contributed by atoms with E-state index >= 15 is 0 Å². The van der Waals surface area contributed by atoms with Gasteiger partial charge in [0.2, 0.25) is 0 Å². The summed E-state index contributed by atoms with van der Waals surface area (Å²) in [5, 5.41) is 3.42. The molecule has 1 N–H and O–H groups in total. The van der Waals surface area contributed by atoms with E-state index < -0.39 is 0 Å². The highest BCUT2D eigenvalue weighted by Crippen LogP contribution is 2.23. The Hall–Kier alpha value is -2.68. The maximum absolute atomic E-state index is 4.71. The molecular weight excluding hydrogens is 294 g/mol. The van der Waals surface area contributed by atoms with Gasteiger partial charge in [-0.3, -0.25) is 4.98 Å². The molecule has 3 aromatic rings. The maximum Gasteiger partial charge on any atom is 0.145 e. The van der Waals surface area contributed by atoms with Crippen molar-refractivity contribution in [2.75, 3.05) is 5.32 Å². The summed E-state index contributed by atoms with van der Waals surface area (Å²) >= 11 is 0. The Bertz CT molecular complexity index is 780. The minimum atomic E-state index is 0.180. The van der Waals surface area contributed by atoms with Gasteiger partial charge in [0.25, 0.3) is 0 Å². The van der Waals surface area contributed by atoms with E-state index in [1.807, 2.05) is 24.4 Å². The molecule has 3 rings (SSSR count). The standard InChI is InChI=1S/C21H23N3/c1-15(2)17-9-11-19(12-10-17)20-13-22-14-21(24-20)23-16(3)18-7-5-4-6-8-18/h4-16H,1-3H3,(H,23,24)/t16-/m0/s1. The van der Waals surface area contributed by atoms with Crippen molar-refractivity contribution < 1.29 is 0 Å². The first kappa shape index (κ1) is 16.2. The van der Waals surface area contributed by atoms with E-state index in [1.54, 1.807) is 6.20 Å². The largest absolute Gasteiger partial charge is 0.362 e. The second-order valence-corrected chi connectivity index (χ2v) is 6.34. The van der Waals surface area contributed by atoms with Crippen molar-refractivity contribution in [1.29, 1.82) is 0 Å². The van der Waals surface area contributed by atoms with E-state index in [-0.39, 0.29) is 6.04 Å². The summed E-state index contributed by atoms with van der Waals surface area (Å²) in [4.78, 5) is 9.05. The Morgan fingerprint density at radius 2 is 1.50 bits per heavy atom. The van der Waals surface area contributed by atoms with Crippen LogP contribution in [0.4, 0.5) is 5.82 Å². The van der Waals surface area contributed by atoms with Crippen LogP contribution in [-0.2, 0) is 0 Å². The fourth-order valence-electron chi connectivity index (χ4n) is 2.66. The maximum atomic E-state index is 4.71. The Kier molecular flexibility index (Phi) is 4.90. The number of hydrogen-bond acceptors (Lipinski definition) is 3. The van der Waals surface area contributed by atoms with E-state index in [0.717, 1.165) is 17.1 Å². The Balaban J connectivity index is 1.79. The Labute approximate surface area is 143 Å². The lowest BCUT2D eigenvalue weighted by molar-refractivity contribution is 0.866. The molecule has 3 nitrogen and oxygen atoms in total. The average Bonchev–Trinajstić information content (AvgIpc) is 2.63. The van der Waals surface area contributed by atoms with E-state index in [1.165, 1.54) is 11.1 Å². The number of rotatable bonds is 5.